The Kier molecular flexibility index (Phi) is 5.60. The molecular weight excluding hydrogens is 226 g/mol. The van der Waals surface area contributed by atoms with Crippen LogP contribution in [0.25, 0.3) is 0 Å². The minimum absolute atomic E-state index is 0.0689. The molecule has 5 N–H and O–H groups in total. The zero-order valence-electron chi connectivity index (χ0n) is 12.0. The molecule has 1 saturated carbocycles. The van der Waals surface area contributed by atoms with Gasteiger partial charge in [0.25, 0.3) is 0 Å². The van der Waals surface area contributed by atoms with Crippen molar-refractivity contribution in [2.75, 3.05) is 6.54 Å². The molecule has 4 nitrogen and oxygen atoms in total. The highest BCUT2D eigenvalue weighted by Gasteiger charge is 2.26. The summed E-state index contributed by atoms with van der Waals surface area (Å²) >= 11 is 0. The number of hydrogen-bond donors (Lipinski definition) is 3. The van der Waals surface area contributed by atoms with E-state index in [0.717, 1.165) is 32.1 Å². The van der Waals surface area contributed by atoms with Crippen LogP contribution in [0.2, 0.25) is 0 Å². The standard InChI is InChI=1S/C14H29N3O/c1-14(2,3)8-10(9-15)13(18)17-12-6-4-11(16)5-7-12/h10-12H,4-9,15-16H2,1-3H3,(H,17,18). The number of carbonyl (C=O) groups is 1. The van der Waals surface area contributed by atoms with Gasteiger partial charge in [-0.25, -0.2) is 0 Å². The van der Waals surface area contributed by atoms with Gasteiger partial charge in [-0.15, -0.1) is 0 Å². The summed E-state index contributed by atoms with van der Waals surface area (Å²) in [6.07, 6.45) is 4.86. The first-order chi connectivity index (χ1) is 8.31. The van der Waals surface area contributed by atoms with Gasteiger partial charge < -0.3 is 16.8 Å². The van der Waals surface area contributed by atoms with Crippen molar-refractivity contribution >= 4 is 5.91 Å². The molecule has 18 heavy (non-hydrogen) atoms. The number of rotatable bonds is 4. The van der Waals surface area contributed by atoms with Crippen LogP contribution in [0.4, 0.5) is 0 Å². The Balaban J connectivity index is 2.42. The molecule has 106 valence electrons. The molecule has 0 spiro atoms. The molecule has 1 fully saturated rings. The number of nitrogens with two attached hydrogens (primary N) is 2. The summed E-state index contributed by atoms with van der Waals surface area (Å²) < 4.78 is 0. The Morgan fingerprint density at radius 2 is 1.83 bits per heavy atom. The molecular formula is C14H29N3O. The Morgan fingerprint density at radius 1 is 1.28 bits per heavy atom. The molecule has 0 aromatic heterocycles. The van der Waals surface area contributed by atoms with Gasteiger partial charge in [0.05, 0.1) is 5.92 Å². The maximum Gasteiger partial charge on any atom is 0.224 e. The maximum absolute atomic E-state index is 12.2. The van der Waals surface area contributed by atoms with E-state index in [1.54, 1.807) is 0 Å². The van der Waals surface area contributed by atoms with E-state index in [4.69, 9.17) is 11.5 Å². The van der Waals surface area contributed by atoms with E-state index < -0.39 is 0 Å². The van der Waals surface area contributed by atoms with Crippen LogP contribution in [-0.4, -0.2) is 24.5 Å². The van der Waals surface area contributed by atoms with Crippen molar-refractivity contribution in [1.82, 2.24) is 5.32 Å². The third-order valence-corrected chi connectivity index (χ3v) is 3.63. The lowest BCUT2D eigenvalue weighted by atomic mass is 9.83. The first-order valence-corrected chi connectivity index (χ1v) is 7.08. The predicted molar refractivity (Wildman–Crippen MR) is 75.0 cm³/mol. The summed E-state index contributed by atoms with van der Waals surface area (Å²) in [5, 5.41) is 3.14. The van der Waals surface area contributed by atoms with Gasteiger partial charge in [0.15, 0.2) is 0 Å². The smallest absolute Gasteiger partial charge is 0.224 e. The predicted octanol–water partition coefficient (Wildman–Crippen LogP) is 1.38. The van der Waals surface area contributed by atoms with E-state index in [1.807, 2.05) is 0 Å². The van der Waals surface area contributed by atoms with E-state index in [-0.39, 0.29) is 17.2 Å². The molecule has 0 saturated heterocycles. The summed E-state index contributed by atoms with van der Waals surface area (Å²) in [6, 6.07) is 0.615. The van der Waals surface area contributed by atoms with Crippen molar-refractivity contribution in [1.29, 1.82) is 0 Å². The number of amides is 1. The lowest BCUT2D eigenvalue weighted by Gasteiger charge is -2.30. The SMILES string of the molecule is CC(C)(C)CC(CN)C(=O)NC1CCC(N)CC1. The summed E-state index contributed by atoms with van der Waals surface area (Å²) in [5.74, 6) is 0.0495. The quantitative estimate of drug-likeness (QED) is 0.710. The van der Waals surface area contributed by atoms with Crippen molar-refractivity contribution in [2.45, 2.75) is 65.0 Å². The molecule has 1 aliphatic rings. The van der Waals surface area contributed by atoms with Crippen LogP contribution >= 0.6 is 0 Å². The molecule has 1 aliphatic carbocycles. The van der Waals surface area contributed by atoms with Crippen LogP contribution in [-0.2, 0) is 4.79 Å². The molecule has 1 amide bonds. The van der Waals surface area contributed by atoms with Crippen molar-refractivity contribution < 1.29 is 4.79 Å². The van der Waals surface area contributed by atoms with Crippen molar-refractivity contribution in [3.8, 4) is 0 Å². The van der Waals surface area contributed by atoms with Crippen molar-refractivity contribution in [3.05, 3.63) is 0 Å². The molecule has 0 radical (unpaired) electrons. The first kappa shape index (κ1) is 15.4. The van der Waals surface area contributed by atoms with Crippen LogP contribution in [0.1, 0.15) is 52.9 Å². The molecule has 0 aromatic carbocycles. The topological polar surface area (TPSA) is 81.1 Å². The van der Waals surface area contributed by atoms with Crippen LogP contribution in [0, 0.1) is 11.3 Å². The van der Waals surface area contributed by atoms with Crippen LogP contribution < -0.4 is 16.8 Å². The van der Waals surface area contributed by atoms with E-state index >= 15 is 0 Å². The van der Waals surface area contributed by atoms with Crippen molar-refractivity contribution in [2.24, 2.45) is 22.8 Å². The highest BCUT2D eigenvalue weighted by molar-refractivity contribution is 5.79. The molecule has 0 aliphatic heterocycles. The fourth-order valence-corrected chi connectivity index (χ4v) is 2.60. The highest BCUT2D eigenvalue weighted by Crippen LogP contribution is 2.25. The zero-order chi connectivity index (χ0) is 13.8. The maximum atomic E-state index is 12.2. The lowest BCUT2D eigenvalue weighted by Crippen LogP contribution is -2.45. The Labute approximate surface area is 111 Å². The monoisotopic (exact) mass is 255 g/mol. The molecule has 0 bridgehead atoms. The summed E-state index contributed by atoms with van der Waals surface area (Å²) in [7, 11) is 0. The van der Waals surface area contributed by atoms with Gasteiger partial charge in [-0.1, -0.05) is 20.8 Å². The van der Waals surface area contributed by atoms with Gasteiger partial charge in [-0.2, -0.15) is 0 Å². The second kappa shape index (κ2) is 6.53. The largest absolute Gasteiger partial charge is 0.353 e. The molecule has 1 unspecified atom stereocenters. The molecule has 1 atom stereocenters. The molecule has 4 heteroatoms. The van der Waals surface area contributed by atoms with E-state index in [0.29, 0.717) is 18.6 Å². The summed E-state index contributed by atoms with van der Waals surface area (Å²) in [4.78, 5) is 12.2. The Morgan fingerprint density at radius 3 is 2.28 bits per heavy atom. The highest BCUT2D eigenvalue weighted by atomic mass is 16.1. The average Bonchev–Trinajstić information content (AvgIpc) is 2.27. The fourth-order valence-electron chi connectivity index (χ4n) is 2.60. The number of carbonyl (C=O) groups excluding carboxylic acids is 1. The number of nitrogens with one attached hydrogen (secondary N) is 1. The third kappa shape index (κ3) is 5.36. The Bertz CT molecular complexity index is 265. The van der Waals surface area contributed by atoms with Gasteiger partial charge in [0.2, 0.25) is 5.91 Å². The van der Waals surface area contributed by atoms with E-state index in [1.165, 1.54) is 0 Å². The van der Waals surface area contributed by atoms with Gasteiger partial charge in [0.1, 0.15) is 0 Å². The minimum Gasteiger partial charge on any atom is -0.353 e. The second-order valence-corrected chi connectivity index (χ2v) is 6.82. The molecule has 1 rings (SSSR count). The fraction of sp³-hybridized carbons (Fsp3) is 0.929. The van der Waals surface area contributed by atoms with Gasteiger partial charge in [-0.3, -0.25) is 4.79 Å². The van der Waals surface area contributed by atoms with Crippen LogP contribution in [0.15, 0.2) is 0 Å². The van der Waals surface area contributed by atoms with Gasteiger partial charge in [-0.05, 0) is 37.5 Å². The first-order valence-electron chi connectivity index (χ1n) is 7.08. The zero-order valence-corrected chi connectivity index (χ0v) is 12.0. The van der Waals surface area contributed by atoms with Gasteiger partial charge in [0, 0.05) is 18.6 Å². The summed E-state index contributed by atoms with van der Waals surface area (Å²) in [6.45, 7) is 6.85. The normalized spacial score (nSPS) is 26.7. The van der Waals surface area contributed by atoms with Gasteiger partial charge >= 0.3 is 0 Å². The third-order valence-electron chi connectivity index (χ3n) is 3.63. The van der Waals surface area contributed by atoms with Crippen LogP contribution in [0.5, 0.6) is 0 Å². The minimum atomic E-state index is -0.0689. The van der Waals surface area contributed by atoms with E-state index in [9.17, 15) is 4.79 Å². The lowest BCUT2D eigenvalue weighted by molar-refractivity contribution is -0.126. The van der Waals surface area contributed by atoms with Crippen molar-refractivity contribution in [3.63, 3.8) is 0 Å². The van der Waals surface area contributed by atoms with Crippen LogP contribution in [0.3, 0.4) is 0 Å². The number of hydrogen-bond acceptors (Lipinski definition) is 3. The summed E-state index contributed by atoms with van der Waals surface area (Å²) in [5.41, 5.74) is 11.7. The second-order valence-electron chi connectivity index (χ2n) is 6.82. The Hall–Kier alpha value is -0.610. The average molecular weight is 255 g/mol. The molecule has 0 heterocycles. The van der Waals surface area contributed by atoms with E-state index in [2.05, 4.69) is 26.1 Å². The molecule has 0 aromatic rings.